The summed E-state index contributed by atoms with van der Waals surface area (Å²) >= 11 is 0. The number of hydrogen-bond acceptors (Lipinski definition) is 1. The van der Waals surface area contributed by atoms with Gasteiger partial charge < -0.3 is 4.65 Å². The molecule has 0 bridgehead atoms. The molecule has 2 aromatic rings. The summed E-state index contributed by atoms with van der Waals surface area (Å²) in [6, 6.07) is 22.3. The van der Waals surface area contributed by atoms with Gasteiger partial charge in [-0.1, -0.05) is 86.3 Å². The Kier molecular flexibility index (Phi) is 5.26. The summed E-state index contributed by atoms with van der Waals surface area (Å²) in [4.78, 5) is 0. The maximum absolute atomic E-state index is 6.22. The fourth-order valence-corrected chi connectivity index (χ4v) is 5.66. The average molecular weight is 332 g/mol. The number of benzene rings is 2. The summed E-state index contributed by atoms with van der Waals surface area (Å²) in [5.74, 6) is 2.68. The van der Waals surface area contributed by atoms with Crippen molar-refractivity contribution in [2.75, 3.05) is 7.11 Å². The fourth-order valence-electron chi connectivity index (χ4n) is 5.66. The van der Waals surface area contributed by atoms with Gasteiger partial charge in [0.1, 0.15) is 0 Å². The van der Waals surface area contributed by atoms with Crippen molar-refractivity contribution < 1.29 is 4.65 Å². The molecule has 0 aliphatic heterocycles. The van der Waals surface area contributed by atoms with Crippen LogP contribution in [-0.2, 0) is 4.65 Å². The normalized spacial score (nSPS) is 29.0. The topological polar surface area (TPSA) is 9.23 Å². The molecule has 25 heavy (non-hydrogen) atoms. The summed E-state index contributed by atoms with van der Waals surface area (Å²) in [6.45, 7) is 0.389. The molecule has 0 spiro atoms. The van der Waals surface area contributed by atoms with E-state index in [-0.39, 0.29) is 0 Å². The second-order valence-electron chi connectivity index (χ2n) is 7.92. The van der Waals surface area contributed by atoms with Crippen molar-refractivity contribution in [1.82, 2.24) is 0 Å². The van der Waals surface area contributed by atoms with Gasteiger partial charge in [0, 0.05) is 7.11 Å². The zero-order chi connectivity index (χ0) is 17.1. The Morgan fingerprint density at radius 1 is 0.680 bits per heavy atom. The lowest BCUT2D eigenvalue weighted by Crippen LogP contribution is -2.32. The Morgan fingerprint density at radius 3 is 1.52 bits per heavy atom. The molecule has 4 atom stereocenters. The highest BCUT2D eigenvalue weighted by Crippen LogP contribution is 2.54. The van der Waals surface area contributed by atoms with Crippen LogP contribution in [0.3, 0.4) is 0 Å². The number of rotatable bonds is 5. The average Bonchev–Trinajstić information content (AvgIpc) is 3.34. The third-order valence-corrected chi connectivity index (χ3v) is 6.71. The van der Waals surface area contributed by atoms with E-state index in [4.69, 9.17) is 4.65 Å². The van der Waals surface area contributed by atoms with Crippen LogP contribution in [0.1, 0.15) is 61.5 Å². The van der Waals surface area contributed by atoms with Gasteiger partial charge in [-0.2, -0.15) is 0 Å². The van der Waals surface area contributed by atoms with Crippen LogP contribution in [0.25, 0.3) is 0 Å². The third-order valence-electron chi connectivity index (χ3n) is 6.71. The molecule has 2 aromatic carbocycles. The first kappa shape index (κ1) is 16.9. The van der Waals surface area contributed by atoms with Crippen molar-refractivity contribution in [1.29, 1.82) is 0 Å². The summed E-state index contributed by atoms with van der Waals surface area (Å²) in [7, 11) is 1.95. The smallest absolute Gasteiger partial charge is 0.300 e. The first-order valence-electron chi connectivity index (χ1n) is 10.0. The molecule has 0 saturated heterocycles. The maximum Gasteiger partial charge on any atom is 0.300 e. The Hall–Kier alpha value is -1.54. The standard InChI is InChI=1S/C23H29BO/c1-25-24(22-16-8-14-20(22)18-10-4-2-5-11-18)23-17-9-15-21(23)19-12-6-3-7-13-19/h2-7,10-13,20-23H,8-9,14-17H2,1H3/t20-,21-,22+,23+/m1/s1. The van der Waals surface area contributed by atoms with Gasteiger partial charge in [-0.15, -0.1) is 0 Å². The molecule has 2 fully saturated rings. The molecule has 4 rings (SSSR count). The lowest BCUT2D eigenvalue weighted by Gasteiger charge is -2.32. The second-order valence-corrected chi connectivity index (χ2v) is 7.92. The second kappa shape index (κ2) is 7.78. The van der Waals surface area contributed by atoms with Crippen LogP contribution in [0.5, 0.6) is 0 Å². The maximum atomic E-state index is 6.22. The highest BCUT2D eigenvalue weighted by atomic mass is 16.4. The lowest BCUT2D eigenvalue weighted by atomic mass is 9.41. The molecule has 130 valence electrons. The molecule has 2 aliphatic carbocycles. The summed E-state index contributed by atoms with van der Waals surface area (Å²) < 4.78 is 6.22. The van der Waals surface area contributed by atoms with E-state index in [1.807, 2.05) is 7.11 Å². The molecule has 0 N–H and O–H groups in total. The van der Waals surface area contributed by atoms with Crippen LogP contribution in [-0.4, -0.2) is 14.0 Å². The highest BCUT2D eigenvalue weighted by Gasteiger charge is 2.46. The molecule has 0 unspecified atom stereocenters. The molecule has 0 aromatic heterocycles. The quantitative estimate of drug-likeness (QED) is 0.584. The van der Waals surface area contributed by atoms with E-state index in [1.165, 1.54) is 49.7 Å². The van der Waals surface area contributed by atoms with Gasteiger partial charge in [0.25, 0.3) is 6.92 Å². The van der Waals surface area contributed by atoms with Gasteiger partial charge in [-0.3, -0.25) is 0 Å². The predicted octanol–water partition coefficient (Wildman–Crippen LogP) is 6.30. The third kappa shape index (κ3) is 3.42. The first-order chi connectivity index (χ1) is 12.4. The minimum atomic E-state index is 0.389. The Bertz CT molecular complexity index is 599. The van der Waals surface area contributed by atoms with E-state index in [9.17, 15) is 0 Å². The van der Waals surface area contributed by atoms with E-state index in [0.29, 0.717) is 30.4 Å². The highest BCUT2D eigenvalue weighted by molar-refractivity contribution is 6.56. The van der Waals surface area contributed by atoms with Gasteiger partial charge in [0.2, 0.25) is 0 Å². The summed E-state index contributed by atoms with van der Waals surface area (Å²) in [6.07, 6.45) is 7.94. The molecule has 0 amide bonds. The van der Waals surface area contributed by atoms with E-state index in [0.717, 1.165) is 0 Å². The van der Waals surface area contributed by atoms with Crippen molar-refractivity contribution >= 4 is 6.92 Å². The molecular weight excluding hydrogens is 303 g/mol. The van der Waals surface area contributed by atoms with Gasteiger partial charge in [-0.25, -0.2) is 0 Å². The van der Waals surface area contributed by atoms with Gasteiger partial charge in [0.05, 0.1) is 0 Å². The molecule has 1 nitrogen and oxygen atoms in total. The minimum absolute atomic E-state index is 0.389. The van der Waals surface area contributed by atoms with Crippen LogP contribution >= 0.6 is 0 Å². The zero-order valence-corrected chi connectivity index (χ0v) is 15.3. The minimum Gasteiger partial charge on any atom is -0.438 e. The van der Waals surface area contributed by atoms with Crippen LogP contribution in [0.2, 0.25) is 11.6 Å². The van der Waals surface area contributed by atoms with Crippen molar-refractivity contribution in [2.45, 2.75) is 62.0 Å². The molecule has 2 heteroatoms. The van der Waals surface area contributed by atoms with Crippen LogP contribution in [0.15, 0.2) is 60.7 Å². The van der Waals surface area contributed by atoms with Crippen molar-refractivity contribution in [2.24, 2.45) is 0 Å². The van der Waals surface area contributed by atoms with Crippen molar-refractivity contribution in [3.05, 3.63) is 71.8 Å². The summed E-state index contributed by atoms with van der Waals surface area (Å²) in [5, 5.41) is 0. The van der Waals surface area contributed by atoms with E-state index >= 15 is 0 Å². The Morgan fingerprint density at radius 2 is 1.12 bits per heavy atom. The van der Waals surface area contributed by atoms with Gasteiger partial charge in [0.15, 0.2) is 0 Å². The lowest BCUT2D eigenvalue weighted by molar-refractivity contribution is 0.381. The van der Waals surface area contributed by atoms with Crippen LogP contribution < -0.4 is 0 Å². The monoisotopic (exact) mass is 332 g/mol. The number of hydrogen-bond donors (Lipinski definition) is 0. The van der Waals surface area contributed by atoms with Crippen LogP contribution in [0.4, 0.5) is 0 Å². The largest absolute Gasteiger partial charge is 0.438 e. The molecule has 0 radical (unpaired) electrons. The fraction of sp³-hybridized carbons (Fsp3) is 0.478. The zero-order valence-electron chi connectivity index (χ0n) is 15.3. The SMILES string of the molecule is COB([C@H]1CCC[C@@H]1c1ccccc1)[C@H]1CCC[C@@H]1c1ccccc1. The van der Waals surface area contributed by atoms with Gasteiger partial charge in [-0.05, 0) is 47.4 Å². The van der Waals surface area contributed by atoms with Crippen molar-refractivity contribution in [3.8, 4) is 0 Å². The van der Waals surface area contributed by atoms with Crippen molar-refractivity contribution in [3.63, 3.8) is 0 Å². The van der Waals surface area contributed by atoms with E-state index in [2.05, 4.69) is 60.7 Å². The molecule has 0 heterocycles. The van der Waals surface area contributed by atoms with Gasteiger partial charge >= 0.3 is 0 Å². The molecule has 2 saturated carbocycles. The molecule has 2 aliphatic rings. The first-order valence-corrected chi connectivity index (χ1v) is 10.0. The Balaban J connectivity index is 1.59. The predicted molar refractivity (Wildman–Crippen MR) is 106 cm³/mol. The van der Waals surface area contributed by atoms with Crippen LogP contribution in [0, 0.1) is 0 Å². The Labute approximate surface area is 152 Å². The summed E-state index contributed by atoms with van der Waals surface area (Å²) in [5.41, 5.74) is 3.03. The van der Waals surface area contributed by atoms with E-state index < -0.39 is 0 Å². The van der Waals surface area contributed by atoms with E-state index in [1.54, 1.807) is 0 Å². The molecular formula is C23H29BO.